The molecule has 0 aromatic heterocycles. The molecule has 202 valence electrons. The number of ether oxygens (including phenoxy) is 1. The molecule has 13 heteroatoms. The van der Waals surface area contributed by atoms with Gasteiger partial charge in [-0.1, -0.05) is 12.1 Å². The van der Waals surface area contributed by atoms with E-state index in [2.05, 4.69) is 4.74 Å². The van der Waals surface area contributed by atoms with E-state index in [-0.39, 0.29) is 23.8 Å². The molecule has 3 aromatic carbocycles. The molecule has 0 aliphatic carbocycles. The number of benzene rings is 3. The fourth-order valence-corrected chi connectivity index (χ4v) is 7.25. The van der Waals surface area contributed by atoms with Gasteiger partial charge in [-0.3, -0.25) is 4.31 Å². The predicted molar refractivity (Wildman–Crippen MR) is 133 cm³/mol. The van der Waals surface area contributed by atoms with E-state index in [1.54, 1.807) is 23.9 Å². The minimum Gasteiger partial charge on any atom is -0.435 e. The first-order valence-electron chi connectivity index (χ1n) is 11.4. The average molecular weight is 575 g/mol. The number of halogens is 6. The highest BCUT2D eigenvalue weighted by Crippen LogP contribution is 2.43. The molecule has 38 heavy (non-hydrogen) atoms. The van der Waals surface area contributed by atoms with Gasteiger partial charge in [0.2, 0.25) is 0 Å². The van der Waals surface area contributed by atoms with Gasteiger partial charge >= 0.3 is 12.8 Å². The Labute approximate surface area is 219 Å². The van der Waals surface area contributed by atoms with E-state index in [0.29, 0.717) is 29.6 Å². The van der Waals surface area contributed by atoms with Crippen molar-refractivity contribution in [2.24, 2.45) is 0 Å². The van der Waals surface area contributed by atoms with Crippen molar-refractivity contribution in [2.75, 3.05) is 33.8 Å². The lowest BCUT2D eigenvalue weighted by Crippen LogP contribution is -2.54. The Kier molecular flexibility index (Phi) is 6.93. The van der Waals surface area contributed by atoms with E-state index < -0.39 is 44.8 Å². The van der Waals surface area contributed by atoms with Gasteiger partial charge in [0.15, 0.2) is 0 Å². The van der Waals surface area contributed by atoms with Gasteiger partial charge in [-0.25, -0.2) is 12.8 Å². The zero-order valence-corrected chi connectivity index (χ0v) is 21.1. The molecule has 0 saturated carbocycles. The van der Waals surface area contributed by atoms with Gasteiger partial charge in [0.1, 0.15) is 11.6 Å². The van der Waals surface area contributed by atoms with Crippen molar-refractivity contribution in [3.8, 4) is 16.9 Å². The number of fused-ring (bicyclic) bond motifs is 3. The highest BCUT2D eigenvalue weighted by atomic mass is 32.2. The molecule has 3 aromatic rings. The van der Waals surface area contributed by atoms with Crippen molar-refractivity contribution in [2.45, 2.75) is 23.7 Å². The van der Waals surface area contributed by atoms with Crippen LogP contribution in [0.4, 0.5) is 37.7 Å². The summed E-state index contributed by atoms with van der Waals surface area (Å²) in [6.45, 7) is -2.55. The van der Waals surface area contributed by atoms with Gasteiger partial charge in [-0.2, -0.15) is 33.7 Å². The molecule has 0 amide bonds. The summed E-state index contributed by atoms with van der Waals surface area (Å²) in [6.07, 6.45) is -4.73. The minimum absolute atomic E-state index is 0.00900. The SMILES string of the molecule is O=S(=O)(c1cccc(C(F)(F)F)c1)N1CC2CSCCN2c2ccc(-c3cc(F)cc(OC(F)F)c3)cc21. The summed E-state index contributed by atoms with van der Waals surface area (Å²) < 4.78 is 113. The standard InChI is InChI=1S/C25H20F6N2O3S2/c26-18-8-16(9-20(12-18)36-24(27)28)15-4-5-22-23(10-15)33(13-19-14-37-7-6-32(19)22)38(34,35)21-3-1-2-17(11-21)25(29,30)31/h1-5,8-12,19,24H,6-7,13-14H2. The van der Waals surface area contributed by atoms with Crippen LogP contribution in [-0.4, -0.2) is 45.7 Å². The summed E-state index contributed by atoms with van der Waals surface area (Å²) >= 11 is 1.65. The lowest BCUT2D eigenvalue weighted by molar-refractivity contribution is -0.137. The molecule has 1 unspecified atom stereocenters. The maximum Gasteiger partial charge on any atom is 0.416 e. The van der Waals surface area contributed by atoms with Crippen LogP contribution in [0.15, 0.2) is 65.6 Å². The van der Waals surface area contributed by atoms with Crippen molar-refractivity contribution < 1.29 is 39.5 Å². The number of nitrogens with zero attached hydrogens (tertiary/aromatic N) is 2. The van der Waals surface area contributed by atoms with E-state index in [1.807, 2.05) is 4.90 Å². The lowest BCUT2D eigenvalue weighted by Gasteiger charge is -2.46. The maximum absolute atomic E-state index is 14.2. The summed E-state index contributed by atoms with van der Waals surface area (Å²) in [6, 6.07) is 11.2. The van der Waals surface area contributed by atoms with Gasteiger partial charge in [0.25, 0.3) is 10.0 Å². The third-order valence-corrected chi connectivity index (χ3v) is 9.20. The summed E-state index contributed by atoms with van der Waals surface area (Å²) in [5.74, 6) is 0.177. The highest BCUT2D eigenvalue weighted by Gasteiger charge is 2.39. The minimum atomic E-state index is -4.73. The second-order valence-electron chi connectivity index (χ2n) is 8.74. The first-order valence-corrected chi connectivity index (χ1v) is 14.0. The van der Waals surface area contributed by atoms with Crippen molar-refractivity contribution in [1.29, 1.82) is 0 Å². The van der Waals surface area contributed by atoms with Gasteiger partial charge < -0.3 is 9.64 Å². The number of hydrogen-bond acceptors (Lipinski definition) is 5. The first kappa shape index (κ1) is 26.5. The second-order valence-corrected chi connectivity index (χ2v) is 11.8. The Morgan fingerprint density at radius 2 is 1.76 bits per heavy atom. The van der Waals surface area contributed by atoms with Gasteiger partial charge in [0, 0.05) is 24.1 Å². The highest BCUT2D eigenvalue weighted by molar-refractivity contribution is 7.99. The van der Waals surface area contributed by atoms with Gasteiger partial charge in [-0.15, -0.1) is 0 Å². The molecule has 2 aliphatic rings. The molecule has 0 bridgehead atoms. The van der Waals surface area contributed by atoms with Gasteiger partial charge in [-0.05, 0) is 53.6 Å². The van der Waals surface area contributed by atoms with Crippen LogP contribution < -0.4 is 13.9 Å². The second kappa shape index (κ2) is 9.92. The monoisotopic (exact) mass is 574 g/mol. The van der Waals surface area contributed by atoms with Crippen molar-refractivity contribution in [3.05, 3.63) is 72.0 Å². The predicted octanol–water partition coefficient (Wildman–Crippen LogP) is 6.24. The molecule has 0 radical (unpaired) electrons. The maximum atomic E-state index is 14.2. The summed E-state index contributed by atoms with van der Waals surface area (Å²) in [7, 11) is -4.44. The summed E-state index contributed by atoms with van der Waals surface area (Å²) in [4.78, 5) is 1.53. The van der Waals surface area contributed by atoms with E-state index in [1.165, 1.54) is 12.1 Å². The Bertz CT molecular complexity index is 1470. The number of hydrogen-bond donors (Lipinski definition) is 0. The molecule has 0 N–H and O–H groups in total. The number of thioether (sulfide) groups is 1. The van der Waals surface area contributed by atoms with Crippen molar-refractivity contribution >= 4 is 33.2 Å². The number of rotatable bonds is 5. The van der Waals surface area contributed by atoms with Crippen LogP contribution >= 0.6 is 11.8 Å². The molecule has 1 saturated heterocycles. The fourth-order valence-electron chi connectivity index (χ4n) is 4.65. The zero-order chi connectivity index (χ0) is 27.2. The summed E-state index contributed by atoms with van der Waals surface area (Å²) in [5.41, 5.74) is 0.142. The quantitative estimate of drug-likeness (QED) is 0.338. The molecule has 2 aliphatic heterocycles. The summed E-state index contributed by atoms with van der Waals surface area (Å²) in [5, 5.41) is 0. The molecule has 0 spiro atoms. The third-order valence-electron chi connectivity index (χ3n) is 6.34. The Hall–Kier alpha value is -3.06. The molecule has 2 heterocycles. The van der Waals surface area contributed by atoms with E-state index >= 15 is 0 Å². The zero-order valence-electron chi connectivity index (χ0n) is 19.5. The van der Waals surface area contributed by atoms with Crippen molar-refractivity contribution in [3.63, 3.8) is 0 Å². The van der Waals surface area contributed by atoms with Crippen LogP contribution in [0.1, 0.15) is 5.56 Å². The van der Waals surface area contributed by atoms with Crippen LogP contribution in [0.3, 0.4) is 0 Å². The normalized spacial score (nSPS) is 17.8. The van der Waals surface area contributed by atoms with E-state index in [4.69, 9.17) is 0 Å². The fraction of sp³-hybridized carbons (Fsp3) is 0.280. The third kappa shape index (κ3) is 5.13. The average Bonchev–Trinajstić information content (AvgIpc) is 2.86. The van der Waals surface area contributed by atoms with Crippen LogP contribution in [0.5, 0.6) is 5.75 Å². The van der Waals surface area contributed by atoms with E-state index in [0.717, 1.165) is 40.4 Å². The first-order chi connectivity index (χ1) is 17.9. The molecule has 5 rings (SSSR count). The topological polar surface area (TPSA) is 49.9 Å². The van der Waals surface area contributed by atoms with Crippen LogP contribution in [0, 0.1) is 5.82 Å². The van der Waals surface area contributed by atoms with Crippen LogP contribution in [0.25, 0.3) is 11.1 Å². The molecular formula is C25H20F6N2O3S2. The van der Waals surface area contributed by atoms with Gasteiger partial charge in [0.05, 0.1) is 34.4 Å². The lowest BCUT2D eigenvalue weighted by atomic mass is 10.0. The number of sulfonamides is 1. The molecular weight excluding hydrogens is 554 g/mol. The Balaban J connectivity index is 1.63. The Morgan fingerprint density at radius 3 is 2.50 bits per heavy atom. The van der Waals surface area contributed by atoms with E-state index in [9.17, 15) is 34.8 Å². The largest absolute Gasteiger partial charge is 0.435 e. The number of alkyl halides is 5. The molecule has 5 nitrogen and oxygen atoms in total. The molecule has 1 fully saturated rings. The van der Waals surface area contributed by atoms with Crippen LogP contribution in [0.2, 0.25) is 0 Å². The van der Waals surface area contributed by atoms with Crippen LogP contribution in [-0.2, 0) is 16.2 Å². The smallest absolute Gasteiger partial charge is 0.416 e. The van der Waals surface area contributed by atoms with Crippen molar-refractivity contribution in [1.82, 2.24) is 0 Å². The molecule has 1 atom stereocenters. The Morgan fingerprint density at radius 1 is 0.974 bits per heavy atom. The number of anilines is 2.